The number of rotatable bonds is 4. The Morgan fingerprint density at radius 1 is 1.12 bits per heavy atom. The van der Waals surface area contributed by atoms with Crippen LogP contribution in [-0.4, -0.2) is 16.9 Å². The Hall–Kier alpha value is -3.28. The second-order valence-corrected chi connectivity index (χ2v) is 5.43. The Balaban J connectivity index is 1.86. The van der Waals surface area contributed by atoms with Crippen molar-refractivity contribution in [1.82, 2.24) is 4.98 Å². The summed E-state index contributed by atoms with van der Waals surface area (Å²) in [6.07, 6.45) is 0. The molecule has 0 fully saturated rings. The number of carbonyl (C=O) groups is 2. The second-order valence-electron chi connectivity index (χ2n) is 5.43. The van der Waals surface area contributed by atoms with Gasteiger partial charge in [-0.3, -0.25) is 9.59 Å². The number of nitrogens with zero attached hydrogens (tertiary/aromatic N) is 1. The summed E-state index contributed by atoms with van der Waals surface area (Å²) in [7, 11) is 0. The molecule has 0 radical (unpaired) electrons. The molecule has 0 aliphatic heterocycles. The van der Waals surface area contributed by atoms with E-state index in [1.807, 2.05) is 18.2 Å². The number of amides is 1. The molecule has 2 aromatic carbocycles. The maximum atomic E-state index is 13.5. The van der Waals surface area contributed by atoms with E-state index in [1.165, 1.54) is 25.1 Å². The van der Waals surface area contributed by atoms with Crippen LogP contribution < -0.4 is 5.32 Å². The number of carbonyl (C=O) groups excluding carboxylic acids is 2. The first-order chi connectivity index (χ1) is 12.0. The SMILES string of the molecule is CC(=O)OCc1ccc(F)cc1NC(=O)c1ccc2ccccc2n1. The number of esters is 1. The van der Waals surface area contributed by atoms with Crippen molar-refractivity contribution >= 4 is 28.5 Å². The van der Waals surface area contributed by atoms with Crippen molar-refractivity contribution < 1.29 is 18.7 Å². The van der Waals surface area contributed by atoms with Gasteiger partial charge in [0.15, 0.2) is 0 Å². The molecule has 1 N–H and O–H groups in total. The summed E-state index contributed by atoms with van der Waals surface area (Å²) >= 11 is 0. The number of anilines is 1. The quantitative estimate of drug-likeness (QED) is 0.737. The zero-order chi connectivity index (χ0) is 17.8. The minimum absolute atomic E-state index is 0.0592. The van der Waals surface area contributed by atoms with Crippen LogP contribution in [0.3, 0.4) is 0 Å². The number of hydrogen-bond acceptors (Lipinski definition) is 4. The molecule has 0 unspecified atom stereocenters. The third-order valence-electron chi connectivity index (χ3n) is 3.58. The highest BCUT2D eigenvalue weighted by Gasteiger charge is 2.13. The van der Waals surface area contributed by atoms with Gasteiger partial charge in [-0.05, 0) is 24.3 Å². The standard InChI is InChI=1S/C19H15FN2O3/c1-12(23)25-11-14-6-8-15(20)10-18(14)22-19(24)17-9-7-13-4-2-3-5-16(13)21-17/h2-10H,11H2,1H3,(H,22,24). The Morgan fingerprint density at radius 3 is 2.72 bits per heavy atom. The number of fused-ring (bicyclic) bond motifs is 1. The predicted octanol–water partition coefficient (Wildman–Crippen LogP) is 3.69. The van der Waals surface area contributed by atoms with Gasteiger partial charge in [-0.2, -0.15) is 0 Å². The third kappa shape index (κ3) is 3.98. The molecule has 0 atom stereocenters. The van der Waals surface area contributed by atoms with E-state index in [2.05, 4.69) is 10.3 Å². The lowest BCUT2D eigenvalue weighted by Gasteiger charge is -2.11. The van der Waals surface area contributed by atoms with Crippen LogP contribution in [0.25, 0.3) is 10.9 Å². The molecule has 5 nitrogen and oxygen atoms in total. The van der Waals surface area contributed by atoms with E-state index in [-0.39, 0.29) is 18.0 Å². The van der Waals surface area contributed by atoms with Gasteiger partial charge in [0.25, 0.3) is 5.91 Å². The molecule has 0 aliphatic rings. The van der Waals surface area contributed by atoms with Gasteiger partial charge in [-0.1, -0.05) is 30.3 Å². The van der Waals surface area contributed by atoms with E-state index >= 15 is 0 Å². The van der Waals surface area contributed by atoms with Crippen LogP contribution >= 0.6 is 0 Å². The molecule has 1 aromatic heterocycles. The van der Waals surface area contributed by atoms with E-state index < -0.39 is 17.7 Å². The molecule has 0 spiro atoms. The summed E-state index contributed by atoms with van der Waals surface area (Å²) in [6.45, 7) is 1.22. The lowest BCUT2D eigenvalue weighted by Crippen LogP contribution is -2.15. The van der Waals surface area contributed by atoms with Crippen molar-refractivity contribution in [1.29, 1.82) is 0 Å². The average Bonchev–Trinajstić information content (AvgIpc) is 2.60. The van der Waals surface area contributed by atoms with Crippen molar-refractivity contribution in [2.75, 3.05) is 5.32 Å². The summed E-state index contributed by atoms with van der Waals surface area (Å²) in [5.41, 5.74) is 1.63. The van der Waals surface area contributed by atoms with Crippen LogP contribution in [0, 0.1) is 5.82 Å². The van der Waals surface area contributed by atoms with Gasteiger partial charge in [-0.15, -0.1) is 0 Å². The van der Waals surface area contributed by atoms with Crippen molar-refractivity contribution in [3.05, 3.63) is 71.7 Å². The van der Waals surface area contributed by atoms with Crippen LogP contribution in [0.4, 0.5) is 10.1 Å². The van der Waals surface area contributed by atoms with Gasteiger partial charge in [0.05, 0.1) is 11.2 Å². The van der Waals surface area contributed by atoms with Gasteiger partial charge in [0.1, 0.15) is 18.1 Å². The first-order valence-corrected chi connectivity index (χ1v) is 7.62. The number of ether oxygens (including phenoxy) is 1. The fourth-order valence-corrected chi connectivity index (χ4v) is 2.35. The van der Waals surface area contributed by atoms with Crippen LogP contribution in [0.2, 0.25) is 0 Å². The Bertz CT molecular complexity index is 956. The van der Waals surface area contributed by atoms with Gasteiger partial charge >= 0.3 is 5.97 Å². The highest BCUT2D eigenvalue weighted by Crippen LogP contribution is 2.20. The van der Waals surface area contributed by atoms with Crippen LogP contribution in [0.15, 0.2) is 54.6 Å². The normalized spacial score (nSPS) is 10.5. The average molecular weight is 338 g/mol. The number of halogens is 1. The van der Waals surface area contributed by atoms with Crippen molar-refractivity contribution in [3.8, 4) is 0 Å². The van der Waals surface area contributed by atoms with Crippen LogP contribution in [0.1, 0.15) is 23.0 Å². The summed E-state index contributed by atoms with van der Waals surface area (Å²) in [5.74, 6) is -1.44. The topological polar surface area (TPSA) is 68.3 Å². The number of para-hydroxylation sites is 1. The molecule has 0 bridgehead atoms. The highest BCUT2D eigenvalue weighted by molar-refractivity contribution is 6.04. The highest BCUT2D eigenvalue weighted by atomic mass is 19.1. The largest absolute Gasteiger partial charge is 0.461 e. The van der Waals surface area contributed by atoms with E-state index in [1.54, 1.807) is 18.2 Å². The minimum atomic E-state index is -0.506. The van der Waals surface area contributed by atoms with Crippen LogP contribution in [0.5, 0.6) is 0 Å². The molecule has 3 aromatic rings. The van der Waals surface area contributed by atoms with E-state index in [0.29, 0.717) is 11.1 Å². The van der Waals surface area contributed by atoms with Crippen molar-refractivity contribution in [2.24, 2.45) is 0 Å². The first-order valence-electron chi connectivity index (χ1n) is 7.62. The minimum Gasteiger partial charge on any atom is -0.461 e. The number of pyridine rings is 1. The zero-order valence-corrected chi connectivity index (χ0v) is 13.5. The Morgan fingerprint density at radius 2 is 1.92 bits per heavy atom. The predicted molar refractivity (Wildman–Crippen MR) is 91.6 cm³/mol. The maximum Gasteiger partial charge on any atom is 0.302 e. The molecule has 1 heterocycles. The molecule has 126 valence electrons. The molecule has 1 amide bonds. The van der Waals surface area contributed by atoms with Gasteiger partial charge in [-0.25, -0.2) is 9.37 Å². The molecule has 0 saturated carbocycles. The Kier molecular flexibility index (Phi) is 4.70. The number of benzene rings is 2. The summed E-state index contributed by atoms with van der Waals surface area (Å²) < 4.78 is 18.5. The third-order valence-corrected chi connectivity index (χ3v) is 3.58. The smallest absolute Gasteiger partial charge is 0.302 e. The number of aromatic nitrogens is 1. The maximum absolute atomic E-state index is 13.5. The van der Waals surface area contributed by atoms with Gasteiger partial charge < -0.3 is 10.1 Å². The van der Waals surface area contributed by atoms with E-state index in [4.69, 9.17) is 4.74 Å². The number of nitrogens with one attached hydrogen (secondary N) is 1. The van der Waals surface area contributed by atoms with Gasteiger partial charge in [0.2, 0.25) is 0 Å². The molecule has 0 aliphatic carbocycles. The molecule has 6 heteroatoms. The Labute approximate surface area is 143 Å². The first kappa shape index (κ1) is 16.6. The molecular formula is C19H15FN2O3. The number of hydrogen-bond donors (Lipinski definition) is 1. The summed E-state index contributed by atoms with van der Waals surface area (Å²) in [5, 5.41) is 3.54. The van der Waals surface area contributed by atoms with E-state index in [0.717, 1.165) is 5.39 Å². The van der Waals surface area contributed by atoms with Crippen molar-refractivity contribution in [2.45, 2.75) is 13.5 Å². The summed E-state index contributed by atoms with van der Waals surface area (Å²) in [4.78, 5) is 27.7. The lowest BCUT2D eigenvalue weighted by atomic mass is 10.1. The molecule has 25 heavy (non-hydrogen) atoms. The van der Waals surface area contributed by atoms with Gasteiger partial charge in [0, 0.05) is 17.9 Å². The zero-order valence-electron chi connectivity index (χ0n) is 13.5. The molecular weight excluding hydrogens is 323 g/mol. The fourth-order valence-electron chi connectivity index (χ4n) is 2.35. The fraction of sp³-hybridized carbons (Fsp3) is 0.105. The lowest BCUT2D eigenvalue weighted by molar-refractivity contribution is -0.142. The monoisotopic (exact) mass is 338 g/mol. The second kappa shape index (κ2) is 7.09. The van der Waals surface area contributed by atoms with Crippen LogP contribution in [-0.2, 0) is 16.1 Å². The molecule has 3 rings (SSSR count). The summed E-state index contributed by atoms with van der Waals surface area (Å²) in [6, 6.07) is 14.7. The van der Waals surface area contributed by atoms with Crippen molar-refractivity contribution in [3.63, 3.8) is 0 Å². The molecule has 0 saturated heterocycles. The van der Waals surface area contributed by atoms with E-state index in [9.17, 15) is 14.0 Å².